The van der Waals surface area contributed by atoms with E-state index in [0.717, 1.165) is 19.6 Å². The molecule has 0 spiro atoms. The lowest BCUT2D eigenvalue weighted by Crippen LogP contribution is -2.32. The first-order valence-corrected chi connectivity index (χ1v) is 12.9. The average Bonchev–Trinajstić information content (AvgIpc) is 3.38. The van der Waals surface area contributed by atoms with Crippen molar-refractivity contribution in [2.45, 2.75) is 63.5 Å². The van der Waals surface area contributed by atoms with Crippen molar-refractivity contribution in [1.29, 1.82) is 0 Å². The molecule has 4 aromatic rings. The van der Waals surface area contributed by atoms with Crippen molar-refractivity contribution in [3.8, 4) is 0 Å². The van der Waals surface area contributed by atoms with Gasteiger partial charge in [0.2, 0.25) is 0 Å². The molecule has 2 aliphatic heterocycles. The van der Waals surface area contributed by atoms with Crippen LogP contribution in [0.5, 0.6) is 0 Å². The molecule has 3 aliphatic rings. The van der Waals surface area contributed by atoms with Crippen LogP contribution in [0.4, 0.5) is 0 Å². The molecule has 2 unspecified atom stereocenters. The molecule has 2 aromatic heterocycles. The summed E-state index contributed by atoms with van der Waals surface area (Å²) >= 11 is 0. The van der Waals surface area contributed by atoms with Crippen LogP contribution in [0, 0.1) is 0 Å². The zero-order chi connectivity index (χ0) is 21.1. The van der Waals surface area contributed by atoms with Gasteiger partial charge in [-0.2, -0.15) is 0 Å². The van der Waals surface area contributed by atoms with Crippen LogP contribution < -0.4 is 10.6 Å². The molecule has 0 amide bonds. The SMILES string of the molecule is c1ccc2c(c1)c1c3c4c(n(C5CCCNC5)c3ccc1n2C1CCCNC1)CCCC4. The third-order valence-electron chi connectivity index (χ3n) is 8.42. The summed E-state index contributed by atoms with van der Waals surface area (Å²) in [5.41, 5.74) is 7.65. The predicted octanol–water partition coefficient (Wildman–Crippen LogP) is 5.48. The summed E-state index contributed by atoms with van der Waals surface area (Å²) < 4.78 is 5.44. The Labute approximate surface area is 190 Å². The maximum atomic E-state index is 3.68. The van der Waals surface area contributed by atoms with Crippen molar-refractivity contribution >= 4 is 32.7 Å². The van der Waals surface area contributed by atoms with Gasteiger partial charge in [-0.15, -0.1) is 0 Å². The molecule has 2 fully saturated rings. The van der Waals surface area contributed by atoms with Crippen molar-refractivity contribution in [2.75, 3.05) is 26.2 Å². The molecule has 4 heterocycles. The molecule has 2 saturated heterocycles. The smallest absolute Gasteiger partial charge is 0.0502 e. The van der Waals surface area contributed by atoms with Crippen LogP contribution in [0.25, 0.3) is 32.7 Å². The maximum absolute atomic E-state index is 3.68. The minimum absolute atomic E-state index is 0.545. The number of hydrogen-bond acceptors (Lipinski definition) is 2. The largest absolute Gasteiger partial charge is 0.340 e. The molecule has 4 nitrogen and oxygen atoms in total. The summed E-state index contributed by atoms with van der Waals surface area (Å²) in [5, 5.41) is 11.9. The molecular formula is C28H34N4. The standard InChI is InChI=1S/C28H34N4/c1-3-11-23-21(9-1)27-25(31(23)19-7-5-15-29-17-19)13-14-26-28(27)22-10-2-4-12-24(22)32(26)20-8-6-16-30-18-20/h1,3,9,11,13-14,19-20,29-30H,2,4-8,10,12,15-18H2. The summed E-state index contributed by atoms with van der Waals surface area (Å²) in [7, 11) is 0. The second-order valence-corrected chi connectivity index (χ2v) is 10.2. The first kappa shape index (κ1) is 19.2. The number of aryl methyl sites for hydroxylation is 1. The van der Waals surface area contributed by atoms with E-state index in [1.807, 2.05) is 0 Å². The Bertz CT molecular complexity index is 1300. The number of hydrogen-bond donors (Lipinski definition) is 2. The van der Waals surface area contributed by atoms with Crippen molar-refractivity contribution in [3.63, 3.8) is 0 Å². The van der Waals surface area contributed by atoms with Crippen molar-refractivity contribution in [2.24, 2.45) is 0 Å². The second kappa shape index (κ2) is 7.64. The van der Waals surface area contributed by atoms with Gasteiger partial charge in [0, 0.05) is 58.1 Å². The fourth-order valence-electron chi connectivity index (χ4n) is 7.07. The number of nitrogens with zero attached hydrogens (tertiary/aromatic N) is 2. The van der Waals surface area contributed by atoms with E-state index in [4.69, 9.17) is 0 Å². The van der Waals surface area contributed by atoms with E-state index in [9.17, 15) is 0 Å². The van der Waals surface area contributed by atoms with Crippen LogP contribution in [-0.2, 0) is 12.8 Å². The Morgan fingerprint density at radius 3 is 2.09 bits per heavy atom. The number of piperidine rings is 2. The minimum atomic E-state index is 0.545. The van der Waals surface area contributed by atoms with Crippen LogP contribution in [-0.4, -0.2) is 35.3 Å². The highest BCUT2D eigenvalue weighted by molar-refractivity contribution is 6.21. The molecule has 1 aliphatic carbocycles. The molecule has 2 aromatic carbocycles. The van der Waals surface area contributed by atoms with Gasteiger partial charge < -0.3 is 19.8 Å². The van der Waals surface area contributed by atoms with Gasteiger partial charge in [-0.05, 0) is 88.2 Å². The fraction of sp³-hybridized carbons (Fsp3) is 0.500. The quantitative estimate of drug-likeness (QED) is 0.445. The third-order valence-corrected chi connectivity index (χ3v) is 8.42. The fourth-order valence-corrected chi connectivity index (χ4v) is 7.07. The van der Waals surface area contributed by atoms with Gasteiger partial charge in [-0.3, -0.25) is 0 Å². The Kier molecular flexibility index (Phi) is 4.58. The van der Waals surface area contributed by atoms with E-state index in [1.165, 1.54) is 85.2 Å². The van der Waals surface area contributed by atoms with Crippen molar-refractivity contribution < 1.29 is 0 Å². The highest BCUT2D eigenvalue weighted by Crippen LogP contribution is 2.44. The third kappa shape index (κ3) is 2.75. The van der Waals surface area contributed by atoms with Crippen molar-refractivity contribution in [1.82, 2.24) is 19.8 Å². The second-order valence-electron chi connectivity index (χ2n) is 10.2. The first-order valence-electron chi connectivity index (χ1n) is 12.9. The van der Waals surface area contributed by atoms with Gasteiger partial charge >= 0.3 is 0 Å². The number of nitrogens with one attached hydrogen (secondary N) is 2. The minimum Gasteiger partial charge on any atom is -0.340 e. The Morgan fingerprint density at radius 2 is 1.34 bits per heavy atom. The summed E-state index contributed by atoms with van der Waals surface area (Å²) in [6.45, 7) is 4.52. The molecule has 4 heteroatoms. The van der Waals surface area contributed by atoms with E-state index in [-0.39, 0.29) is 0 Å². The molecule has 2 N–H and O–H groups in total. The number of benzene rings is 2. The average molecular weight is 427 g/mol. The van der Waals surface area contributed by atoms with Gasteiger partial charge in [0.25, 0.3) is 0 Å². The topological polar surface area (TPSA) is 33.9 Å². The van der Waals surface area contributed by atoms with E-state index in [1.54, 1.807) is 16.6 Å². The Morgan fingerprint density at radius 1 is 0.656 bits per heavy atom. The van der Waals surface area contributed by atoms with Gasteiger partial charge in [0.05, 0.1) is 5.52 Å². The zero-order valence-corrected chi connectivity index (χ0v) is 19.0. The number of fused-ring (bicyclic) bond motifs is 7. The van der Waals surface area contributed by atoms with E-state index < -0.39 is 0 Å². The maximum Gasteiger partial charge on any atom is 0.0502 e. The number of rotatable bonds is 2. The monoisotopic (exact) mass is 426 g/mol. The Hall–Kier alpha value is -2.30. The van der Waals surface area contributed by atoms with Gasteiger partial charge in [0.1, 0.15) is 0 Å². The first-order chi connectivity index (χ1) is 15.9. The van der Waals surface area contributed by atoms with E-state index in [2.05, 4.69) is 56.2 Å². The normalized spacial score (nSPS) is 24.4. The summed E-state index contributed by atoms with van der Waals surface area (Å²) in [6, 6.07) is 15.2. The van der Waals surface area contributed by atoms with Gasteiger partial charge in [-0.25, -0.2) is 0 Å². The van der Waals surface area contributed by atoms with Gasteiger partial charge in [0.15, 0.2) is 0 Å². The van der Waals surface area contributed by atoms with Crippen LogP contribution in [0.3, 0.4) is 0 Å². The van der Waals surface area contributed by atoms with Crippen LogP contribution in [0.15, 0.2) is 36.4 Å². The predicted molar refractivity (Wildman–Crippen MR) is 134 cm³/mol. The molecular weight excluding hydrogens is 392 g/mol. The van der Waals surface area contributed by atoms with Crippen molar-refractivity contribution in [3.05, 3.63) is 47.7 Å². The highest BCUT2D eigenvalue weighted by Gasteiger charge is 2.29. The van der Waals surface area contributed by atoms with Crippen LogP contribution in [0.2, 0.25) is 0 Å². The van der Waals surface area contributed by atoms with Crippen LogP contribution in [0.1, 0.15) is 61.9 Å². The molecule has 0 bridgehead atoms. The molecule has 166 valence electrons. The van der Waals surface area contributed by atoms with E-state index in [0.29, 0.717) is 12.1 Å². The molecule has 7 rings (SSSR count). The lowest BCUT2D eigenvalue weighted by Gasteiger charge is -2.28. The molecule has 0 radical (unpaired) electrons. The highest BCUT2D eigenvalue weighted by atomic mass is 15.1. The zero-order valence-electron chi connectivity index (χ0n) is 19.0. The van der Waals surface area contributed by atoms with E-state index >= 15 is 0 Å². The van der Waals surface area contributed by atoms with Crippen LogP contribution >= 0.6 is 0 Å². The number of para-hydroxylation sites is 1. The Balaban J connectivity index is 1.57. The van der Waals surface area contributed by atoms with Gasteiger partial charge in [-0.1, -0.05) is 18.2 Å². The summed E-state index contributed by atoms with van der Waals surface area (Å²) in [5.74, 6) is 0. The molecule has 2 atom stereocenters. The summed E-state index contributed by atoms with van der Waals surface area (Å²) in [6.07, 6.45) is 10.3. The molecule has 32 heavy (non-hydrogen) atoms. The lowest BCUT2D eigenvalue weighted by atomic mass is 9.93. The summed E-state index contributed by atoms with van der Waals surface area (Å²) in [4.78, 5) is 0. The lowest BCUT2D eigenvalue weighted by molar-refractivity contribution is 0.369. The number of aromatic nitrogens is 2. The molecule has 0 saturated carbocycles.